The highest BCUT2D eigenvalue weighted by atomic mass is 16.3. The lowest BCUT2D eigenvalue weighted by Crippen LogP contribution is -2.24. The van der Waals surface area contributed by atoms with Crippen molar-refractivity contribution in [2.75, 3.05) is 17.2 Å². The van der Waals surface area contributed by atoms with E-state index in [0.29, 0.717) is 23.8 Å². The van der Waals surface area contributed by atoms with Crippen LogP contribution in [0.25, 0.3) is 11.2 Å². The molecule has 0 radical (unpaired) electrons. The maximum Gasteiger partial charge on any atom is 0.227 e. The SMILES string of the molecule is CCC(CO)Nc1nc(NCc2cccc(C)c2O)c2ncn(CC)c2n1. The van der Waals surface area contributed by atoms with Gasteiger partial charge < -0.3 is 25.4 Å². The van der Waals surface area contributed by atoms with Crippen molar-refractivity contribution < 1.29 is 10.2 Å². The fourth-order valence-electron chi connectivity index (χ4n) is 2.86. The molecule has 0 saturated carbocycles. The van der Waals surface area contributed by atoms with E-state index in [1.807, 2.05) is 43.5 Å². The second-order valence-electron chi connectivity index (χ2n) is 6.47. The van der Waals surface area contributed by atoms with Crippen molar-refractivity contribution in [3.05, 3.63) is 35.7 Å². The molecule has 0 aliphatic heterocycles. The number of hydrogen-bond acceptors (Lipinski definition) is 7. The lowest BCUT2D eigenvalue weighted by molar-refractivity contribution is 0.271. The number of benzene rings is 1. The van der Waals surface area contributed by atoms with Crippen LogP contribution in [0.15, 0.2) is 24.5 Å². The average Bonchev–Trinajstić information content (AvgIpc) is 3.10. The first-order valence-corrected chi connectivity index (χ1v) is 9.18. The lowest BCUT2D eigenvalue weighted by atomic mass is 10.1. The number of fused-ring (bicyclic) bond motifs is 1. The number of phenolic OH excluding ortho intramolecular Hbond substituents is 1. The largest absolute Gasteiger partial charge is 0.507 e. The third kappa shape index (κ3) is 3.95. The smallest absolute Gasteiger partial charge is 0.227 e. The standard InChI is InChI=1S/C19H26N6O2/c1-4-14(10-26)22-19-23-17(15-18(24-19)25(5-2)11-21-15)20-9-13-8-6-7-12(3)16(13)27/h6-8,11,14,26-27H,4-5,9-10H2,1-3H3,(H2,20,22,23,24). The number of aromatic nitrogens is 4. The third-order valence-electron chi connectivity index (χ3n) is 4.62. The van der Waals surface area contributed by atoms with Crippen LogP contribution in [0.5, 0.6) is 5.75 Å². The minimum Gasteiger partial charge on any atom is -0.507 e. The van der Waals surface area contributed by atoms with Gasteiger partial charge in [0.2, 0.25) is 5.95 Å². The van der Waals surface area contributed by atoms with Crippen LogP contribution in [-0.2, 0) is 13.1 Å². The Labute approximate surface area is 158 Å². The minimum absolute atomic E-state index is 0.00482. The molecule has 4 N–H and O–H groups in total. The number of aromatic hydroxyl groups is 1. The predicted molar refractivity (Wildman–Crippen MR) is 106 cm³/mol. The molecule has 0 amide bonds. The highest BCUT2D eigenvalue weighted by Crippen LogP contribution is 2.25. The molecule has 1 atom stereocenters. The van der Waals surface area contributed by atoms with Gasteiger partial charge in [0.15, 0.2) is 17.0 Å². The summed E-state index contributed by atoms with van der Waals surface area (Å²) in [6.45, 7) is 7.04. The fourth-order valence-corrected chi connectivity index (χ4v) is 2.86. The molecule has 0 aliphatic rings. The molecule has 1 unspecified atom stereocenters. The van der Waals surface area contributed by atoms with E-state index < -0.39 is 0 Å². The molecule has 2 heterocycles. The number of nitrogens with zero attached hydrogens (tertiary/aromatic N) is 4. The summed E-state index contributed by atoms with van der Waals surface area (Å²) in [4.78, 5) is 13.6. The Kier molecular flexibility index (Phi) is 5.75. The van der Waals surface area contributed by atoms with E-state index in [2.05, 4.69) is 25.6 Å². The molecule has 0 fully saturated rings. The molecule has 0 aliphatic carbocycles. The van der Waals surface area contributed by atoms with Crippen molar-refractivity contribution in [3.63, 3.8) is 0 Å². The Morgan fingerprint density at radius 3 is 2.74 bits per heavy atom. The number of rotatable bonds is 8. The van der Waals surface area contributed by atoms with Gasteiger partial charge in [-0.1, -0.05) is 25.1 Å². The van der Waals surface area contributed by atoms with Crippen LogP contribution in [0.1, 0.15) is 31.4 Å². The molecule has 8 heteroatoms. The van der Waals surface area contributed by atoms with E-state index in [-0.39, 0.29) is 18.4 Å². The zero-order valence-electron chi connectivity index (χ0n) is 15.9. The summed E-state index contributed by atoms with van der Waals surface area (Å²) in [5, 5.41) is 26.1. The van der Waals surface area contributed by atoms with Crippen molar-refractivity contribution >= 4 is 22.9 Å². The number of aliphatic hydroxyl groups excluding tert-OH is 1. The highest BCUT2D eigenvalue weighted by Gasteiger charge is 2.15. The molecule has 0 bridgehead atoms. The minimum atomic E-state index is -0.117. The predicted octanol–water partition coefficient (Wildman–Crippen LogP) is 2.66. The van der Waals surface area contributed by atoms with Crippen LogP contribution >= 0.6 is 0 Å². The summed E-state index contributed by atoms with van der Waals surface area (Å²) in [7, 11) is 0. The molecule has 144 valence electrons. The maximum atomic E-state index is 10.2. The quantitative estimate of drug-likeness (QED) is 0.483. The summed E-state index contributed by atoms with van der Waals surface area (Å²) in [5.41, 5.74) is 3.01. The Hall–Kier alpha value is -2.87. The second kappa shape index (κ2) is 8.22. The number of aliphatic hydroxyl groups is 1. The van der Waals surface area contributed by atoms with Gasteiger partial charge >= 0.3 is 0 Å². The number of phenols is 1. The lowest BCUT2D eigenvalue weighted by Gasteiger charge is -2.16. The number of anilines is 2. The normalized spacial score (nSPS) is 12.3. The van der Waals surface area contributed by atoms with Gasteiger partial charge in [-0.15, -0.1) is 0 Å². The van der Waals surface area contributed by atoms with E-state index in [4.69, 9.17) is 0 Å². The van der Waals surface area contributed by atoms with Gasteiger partial charge in [0.1, 0.15) is 5.75 Å². The van der Waals surface area contributed by atoms with E-state index in [1.165, 1.54) is 0 Å². The monoisotopic (exact) mass is 370 g/mol. The van der Waals surface area contributed by atoms with Gasteiger partial charge in [-0.05, 0) is 25.8 Å². The molecule has 1 aromatic carbocycles. The van der Waals surface area contributed by atoms with Crippen LogP contribution in [0.4, 0.5) is 11.8 Å². The second-order valence-corrected chi connectivity index (χ2v) is 6.47. The summed E-state index contributed by atoms with van der Waals surface area (Å²) < 4.78 is 1.94. The first kappa shape index (κ1) is 18.9. The van der Waals surface area contributed by atoms with Gasteiger partial charge in [-0.3, -0.25) is 0 Å². The van der Waals surface area contributed by atoms with Gasteiger partial charge in [0.05, 0.1) is 19.0 Å². The zero-order chi connectivity index (χ0) is 19.4. The Morgan fingerprint density at radius 1 is 1.22 bits per heavy atom. The zero-order valence-corrected chi connectivity index (χ0v) is 15.9. The van der Waals surface area contributed by atoms with Gasteiger partial charge in [0.25, 0.3) is 0 Å². The molecule has 0 spiro atoms. The summed E-state index contributed by atoms with van der Waals surface area (Å²) in [5.74, 6) is 1.30. The summed E-state index contributed by atoms with van der Waals surface area (Å²) in [6, 6.07) is 5.53. The van der Waals surface area contributed by atoms with Crippen molar-refractivity contribution in [2.45, 2.75) is 46.3 Å². The molecule has 2 aromatic heterocycles. The van der Waals surface area contributed by atoms with E-state index >= 15 is 0 Å². The highest BCUT2D eigenvalue weighted by molar-refractivity contribution is 5.84. The number of imidazole rings is 1. The number of nitrogens with one attached hydrogen (secondary N) is 2. The first-order valence-electron chi connectivity index (χ1n) is 9.18. The van der Waals surface area contributed by atoms with Crippen LogP contribution in [0.3, 0.4) is 0 Å². The number of hydrogen-bond donors (Lipinski definition) is 4. The molecule has 27 heavy (non-hydrogen) atoms. The van der Waals surface area contributed by atoms with E-state index in [1.54, 1.807) is 6.33 Å². The molecule has 0 saturated heterocycles. The first-order chi connectivity index (χ1) is 13.1. The van der Waals surface area contributed by atoms with Crippen LogP contribution in [0, 0.1) is 6.92 Å². The molecule has 3 aromatic rings. The van der Waals surface area contributed by atoms with Gasteiger partial charge in [-0.2, -0.15) is 9.97 Å². The molecular weight excluding hydrogens is 344 g/mol. The topological polar surface area (TPSA) is 108 Å². The van der Waals surface area contributed by atoms with Crippen LogP contribution in [0.2, 0.25) is 0 Å². The average molecular weight is 370 g/mol. The van der Waals surface area contributed by atoms with Gasteiger partial charge in [-0.25, -0.2) is 4.98 Å². The fraction of sp³-hybridized carbons (Fsp3) is 0.421. The number of para-hydroxylation sites is 1. The van der Waals surface area contributed by atoms with E-state index in [9.17, 15) is 10.2 Å². The summed E-state index contributed by atoms with van der Waals surface area (Å²) >= 11 is 0. The Balaban J connectivity index is 1.94. The molecular formula is C19H26N6O2. The van der Waals surface area contributed by atoms with Gasteiger partial charge in [0, 0.05) is 18.7 Å². The van der Waals surface area contributed by atoms with E-state index in [0.717, 1.165) is 29.7 Å². The maximum absolute atomic E-state index is 10.2. The van der Waals surface area contributed by atoms with Crippen molar-refractivity contribution in [2.24, 2.45) is 0 Å². The van der Waals surface area contributed by atoms with Crippen LogP contribution < -0.4 is 10.6 Å². The Bertz CT molecular complexity index is 920. The molecule has 3 rings (SSSR count). The third-order valence-corrected chi connectivity index (χ3v) is 4.62. The van der Waals surface area contributed by atoms with Crippen molar-refractivity contribution in [1.82, 2.24) is 19.5 Å². The summed E-state index contributed by atoms with van der Waals surface area (Å²) in [6.07, 6.45) is 2.49. The van der Waals surface area contributed by atoms with Crippen molar-refractivity contribution in [1.29, 1.82) is 0 Å². The molecule has 8 nitrogen and oxygen atoms in total. The Morgan fingerprint density at radius 2 is 2.04 bits per heavy atom. The van der Waals surface area contributed by atoms with Crippen molar-refractivity contribution in [3.8, 4) is 5.75 Å². The van der Waals surface area contributed by atoms with Crippen LogP contribution in [-0.4, -0.2) is 42.4 Å². The number of aryl methyl sites for hydroxylation is 2.